The lowest BCUT2D eigenvalue weighted by atomic mass is 9.74. The van der Waals surface area contributed by atoms with Crippen LogP contribution in [-0.4, -0.2) is 0 Å². The third-order valence-electron chi connectivity index (χ3n) is 3.66. The first-order valence-corrected chi connectivity index (χ1v) is 5.96. The van der Waals surface area contributed by atoms with Crippen LogP contribution in [0.15, 0.2) is 30.3 Å². The highest BCUT2D eigenvalue weighted by molar-refractivity contribution is 5.20. The molecule has 0 saturated heterocycles. The van der Waals surface area contributed by atoms with E-state index in [1.54, 1.807) is 5.56 Å². The summed E-state index contributed by atoms with van der Waals surface area (Å²) < 4.78 is 0. The molecule has 1 aromatic rings. The minimum absolute atomic E-state index is 0.843. The van der Waals surface area contributed by atoms with Gasteiger partial charge >= 0.3 is 0 Å². The van der Waals surface area contributed by atoms with Crippen LogP contribution in [0.1, 0.15) is 50.5 Å². The SMILES string of the molecule is CCC1CCCCC1c1ccccc1. The van der Waals surface area contributed by atoms with Gasteiger partial charge in [-0.05, 0) is 30.2 Å². The van der Waals surface area contributed by atoms with E-state index in [1.807, 2.05) is 0 Å². The number of rotatable bonds is 2. The van der Waals surface area contributed by atoms with Crippen molar-refractivity contribution in [2.45, 2.75) is 44.9 Å². The van der Waals surface area contributed by atoms with Crippen LogP contribution in [0.3, 0.4) is 0 Å². The first kappa shape index (κ1) is 9.76. The van der Waals surface area contributed by atoms with Crippen molar-refractivity contribution in [2.75, 3.05) is 0 Å². The van der Waals surface area contributed by atoms with Crippen molar-refractivity contribution < 1.29 is 0 Å². The normalized spacial score (nSPS) is 27.5. The Labute approximate surface area is 87.3 Å². The van der Waals surface area contributed by atoms with Crippen molar-refractivity contribution in [1.29, 1.82) is 0 Å². The molecule has 76 valence electrons. The Kier molecular flexibility index (Phi) is 3.23. The van der Waals surface area contributed by atoms with E-state index in [0.29, 0.717) is 0 Å². The Bertz CT molecular complexity index is 263. The average Bonchev–Trinajstić information content (AvgIpc) is 2.30. The molecule has 0 spiro atoms. The van der Waals surface area contributed by atoms with Crippen LogP contribution in [-0.2, 0) is 0 Å². The summed E-state index contributed by atoms with van der Waals surface area (Å²) in [6.07, 6.45) is 7.07. The van der Waals surface area contributed by atoms with Gasteiger partial charge in [0.15, 0.2) is 0 Å². The van der Waals surface area contributed by atoms with E-state index in [-0.39, 0.29) is 0 Å². The van der Waals surface area contributed by atoms with E-state index in [2.05, 4.69) is 37.3 Å². The molecule has 2 rings (SSSR count). The molecule has 0 radical (unpaired) electrons. The van der Waals surface area contributed by atoms with Crippen LogP contribution in [0.2, 0.25) is 0 Å². The van der Waals surface area contributed by atoms with Gasteiger partial charge in [-0.25, -0.2) is 0 Å². The summed E-state index contributed by atoms with van der Waals surface area (Å²) in [5.74, 6) is 1.78. The molecular formula is C14H20. The Morgan fingerprint density at radius 3 is 2.50 bits per heavy atom. The van der Waals surface area contributed by atoms with Crippen molar-refractivity contribution in [3.63, 3.8) is 0 Å². The van der Waals surface area contributed by atoms with Crippen molar-refractivity contribution in [3.8, 4) is 0 Å². The first-order chi connectivity index (χ1) is 6.92. The Hall–Kier alpha value is -0.780. The fourth-order valence-electron chi connectivity index (χ4n) is 2.84. The number of benzene rings is 1. The maximum absolute atomic E-state index is 2.34. The summed E-state index contributed by atoms with van der Waals surface area (Å²) >= 11 is 0. The van der Waals surface area contributed by atoms with Gasteiger partial charge in [-0.2, -0.15) is 0 Å². The van der Waals surface area contributed by atoms with Crippen LogP contribution < -0.4 is 0 Å². The van der Waals surface area contributed by atoms with Crippen LogP contribution in [0.4, 0.5) is 0 Å². The molecule has 0 heterocycles. The van der Waals surface area contributed by atoms with Gasteiger partial charge in [0, 0.05) is 0 Å². The highest BCUT2D eigenvalue weighted by atomic mass is 14.3. The minimum atomic E-state index is 0.843. The summed E-state index contributed by atoms with van der Waals surface area (Å²) in [5.41, 5.74) is 1.57. The van der Waals surface area contributed by atoms with Crippen molar-refractivity contribution >= 4 is 0 Å². The first-order valence-electron chi connectivity index (χ1n) is 5.96. The third-order valence-corrected chi connectivity index (χ3v) is 3.66. The zero-order valence-electron chi connectivity index (χ0n) is 9.08. The number of hydrogen-bond donors (Lipinski definition) is 0. The summed E-state index contributed by atoms with van der Waals surface area (Å²) in [7, 11) is 0. The van der Waals surface area contributed by atoms with Gasteiger partial charge in [-0.15, -0.1) is 0 Å². The molecule has 1 fully saturated rings. The van der Waals surface area contributed by atoms with E-state index < -0.39 is 0 Å². The zero-order chi connectivity index (χ0) is 9.80. The molecule has 14 heavy (non-hydrogen) atoms. The molecule has 0 aromatic heterocycles. The fraction of sp³-hybridized carbons (Fsp3) is 0.571. The molecular weight excluding hydrogens is 168 g/mol. The molecule has 1 aliphatic rings. The molecule has 0 nitrogen and oxygen atoms in total. The van der Waals surface area contributed by atoms with Gasteiger partial charge in [0.25, 0.3) is 0 Å². The summed E-state index contributed by atoms with van der Waals surface area (Å²) in [4.78, 5) is 0. The third kappa shape index (κ3) is 2.00. The molecule has 0 amide bonds. The molecule has 2 unspecified atom stereocenters. The molecule has 1 saturated carbocycles. The zero-order valence-corrected chi connectivity index (χ0v) is 9.08. The van der Waals surface area contributed by atoms with Gasteiger partial charge in [-0.3, -0.25) is 0 Å². The molecule has 0 bridgehead atoms. The molecule has 0 heteroatoms. The van der Waals surface area contributed by atoms with Gasteiger partial charge in [-0.1, -0.05) is 56.5 Å². The van der Waals surface area contributed by atoms with Gasteiger partial charge in [0.05, 0.1) is 0 Å². The van der Waals surface area contributed by atoms with E-state index in [0.717, 1.165) is 11.8 Å². The predicted octanol–water partition coefficient (Wildman–Crippen LogP) is 4.37. The lowest BCUT2D eigenvalue weighted by Gasteiger charge is -2.31. The standard InChI is InChI=1S/C14H20/c1-2-12-8-6-7-11-14(12)13-9-4-3-5-10-13/h3-5,9-10,12,14H,2,6-8,11H2,1H3. The monoisotopic (exact) mass is 188 g/mol. The fourth-order valence-corrected chi connectivity index (χ4v) is 2.84. The van der Waals surface area contributed by atoms with E-state index >= 15 is 0 Å². The second kappa shape index (κ2) is 4.63. The Balaban J connectivity index is 2.15. The highest BCUT2D eigenvalue weighted by Crippen LogP contribution is 2.39. The van der Waals surface area contributed by atoms with E-state index in [4.69, 9.17) is 0 Å². The van der Waals surface area contributed by atoms with E-state index in [9.17, 15) is 0 Å². The van der Waals surface area contributed by atoms with Crippen LogP contribution in [0, 0.1) is 5.92 Å². The largest absolute Gasteiger partial charge is 0.0651 e. The van der Waals surface area contributed by atoms with Crippen molar-refractivity contribution in [1.82, 2.24) is 0 Å². The predicted molar refractivity (Wildman–Crippen MR) is 61.4 cm³/mol. The average molecular weight is 188 g/mol. The lowest BCUT2D eigenvalue weighted by molar-refractivity contribution is 0.299. The van der Waals surface area contributed by atoms with Crippen LogP contribution in [0.5, 0.6) is 0 Å². The molecule has 1 aromatic carbocycles. The van der Waals surface area contributed by atoms with Crippen molar-refractivity contribution in [3.05, 3.63) is 35.9 Å². The molecule has 2 atom stereocenters. The maximum Gasteiger partial charge on any atom is -0.0134 e. The van der Waals surface area contributed by atoms with Gasteiger partial charge in [0.1, 0.15) is 0 Å². The Morgan fingerprint density at radius 2 is 1.79 bits per heavy atom. The molecule has 0 aliphatic heterocycles. The Morgan fingerprint density at radius 1 is 1.07 bits per heavy atom. The quantitative estimate of drug-likeness (QED) is 0.646. The summed E-state index contributed by atoms with van der Waals surface area (Å²) in [5, 5.41) is 0. The smallest absolute Gasteiger partial charge is 0.0134 e. The van der Waals surface area contributed by atoms with Crippen LogP contribution >= 0.6 is 0 Å². The van der Waals surface area contributed by atoms with Crippen molar-refractivity contribution in [2.24, 2.45) is 5.92 Å². The second-order valence-electron chi connectivity index (χ2n) is 4.47. The number of hydrogen-bond acceptors (Lipinski definition) is 0. The van der Waals surface area contributed by atoms with Gasteiger partial charge in [0.2, 0.25) is 0 Å². The van der Waals surface area contributed by atoms with Crippen LogP contribution in [0.25, 0.3) is 0 Å². The molecule has 1 aliphatic carbocycles. The van der Waals surface area contributed by atoms with E-state index in [1.165, 1.54) is 32.1 Å². The maximum atomic E-state index is 2.34. The lowest BCUT2D eigenvalue weighted by Crippen LogP contribution is -2.16. The summed E-state index contributed by atoms with van der Waals surface area (Å²) in [6, 6.07) is 11.1. The second-order valence-corrected chi connectivity index (χ2v) is 4.47. The summed E-state index contributed by atoms with van der Waals surface area (Å²) in [6.45, 7) is 2.34. The minimum Gasteiger partial charge on any atom is -0.0651 e. The topological polar surface area (TPSA) is 0 Å². The van der Waals surface area contributed by atoms with Gasteiger partial charge < -0.3 is 0 Å². The highest BCUT2D eigenvalue weighted by Gasteiger charge is 2.24. The molecule has 0 N–H and O–H groups in total.